The minimum Gasteiger partial charge on any atom is -0.484 e. The van der Waals surface area contributed by atoms with Crippen LogP contribution in [0.4, 0.5) is 0 Å². The third kappa shape index (κ3) is 5.38. The first kappa shape index (κ1) is 17.5. The van der Waals surface area contributed by atoms with E-state index in [0.717, 1.165) is 19.3 Å². The minimum atomic E-state index is -0.741. The van der Waals surface area contributed by atoms with E-state index in [-0.39, 0.29) is 6.61 Å². The number of rotatable bonds is 5. The lowest BCUT2D eigenvalue weighted by Crippen LogP contribution is -2.43. The SMILES string of the molecule is NC(=O)COc1ccc(/C=N/NC(=O)C(=O)N2CCCCC2)cc1. The first-order chi connectivity index (χ1) is 11.6. The van der Waals surface area contributed by atoms with Gasteiger partial charge in [-0.05, 0) is 49.1 Å². The molecule has 0 spiro atoms. The number of carbonyl (C=O) groups is 3. The average Bonchev–Trinajstić information content (AvgIpc) is 2.61. The largest absolute Gasteiger partial charge is 0.484 e. The Kier molecular flexibility index (Phi) is 6.30. The molecule has 3 N–H and O–H groups in total. The van der Waals surface area contributed by atoms with Gasteiger partial charge in [0.15, 0.2) is 6.61 Å². The number of hydrazone groups is 1. The molecule has 0 bridgehead atoms. The van der Waals surface area contributed by atoms with E-state index in [1.54, 1.807) is 29.2 Å². The Bertz CT molecular complexity index is 621. The number of nitrogens with two attached hydrogens (primary N) is 1. The molecule has 2 rings (SSSR count). The third-order valence-electron chi connectivity index (χ3n) is 3.48. The Morgan fingerprint density at radius 2 is 1.83 bits per heavy atom. The smallest absolute Gasteiger partial charge is 0.329 e. The molecule has 0 atom stereocenters. The highest BCUT2D eigenvalue weighted by molar-refractivity contribution is 6.35. The Morgan fingerprint density at radius 1 is 1.17 bits per heavy atom. The molecule has 1 aromatic rings. The van der Waals surface area contributed by atoms with Gasteiger partial charge in [-0.15, -0.1) is 0 Å². The van der Waals surface area contributed by atoms with E-state index in [1.165, 1.54) is 6.21 Å². The van der Waals surface area contributed by atoms with Crippen LogP contribution < -0.4 is 15.9 Å². The lowest BCUT2D eigenvalue weighted by molar-refractivity contribution is -0.146. The molecule has 1 aromatic carbocycles. The van der Waals surface area contributed by atoms with Crippen molar-refractivity contribution in [2.75, 3.05) is 19.7 Å². The highest BCUT2D eigenvalue weighted by Crippen LogP contribution is 2.11. The molecule has 8 nitrogen and oxygen atoms in total. The van der Waals surface area contributed by atoms with Crippen molar-refractivity contribution in [1.82, 2.24) is 10.3 Å². The molecule has 1 aliphatic heterocycles. The molecule has 128 valence electrons. The number of hydrogen-bond acceptors (Lipinski definition) is 5. The quantitative estimate of drug-likeness (QED) is 0.449. The van der Waals surface area contributed by atoms with Gasteiger partial charge in [-0.3, -0.25) is 14.4 Å². The van der Waals surface area contributed by atoms with Gasteiger partial charge < -0.3 is 15.4 Å². The summed E-state index contributed by atoms with van der Waals surface area (Å²) in [5.41, 5.74) is 7.92. The molecule has 0 radical (unpaired) electrons. The Balaban J connectivity index is 1.81. The van der Waals surface area contributed by atoms with Crippen molar-refractivity contribution in [3.63, 3.8) is 0 Å². The van der Waals surface area contributed by atoms with Crippen molar-refractivity contribution in [2.45, 2.75) is 19.3 Å². The van der Waals surface area contributed by atoms with Gasteiger partial charge >= 0.3 is 11.8 Å². The summed E-state index contributed by atoms with van der Waals surface area (Å²) in [6.45, 7) is 1.04. The average molecular weight is 332 g/mol. The summed E-state index contributed by atoms with van der Waals surface area (Å²) in [4.78, 5) is 35.8. The van der Waals surface area contributed by atoms with E-state index in [9.17, 15) is 14.4 Å². The van der Waals surface area contributed by atoms with E-state index in [0.29, 0.717) is 24.4 Å². The predicted octanol–water partition coefficient (Wildman–Crippen LogP) is 0.0133. The van der Waals surface area contributed by atoms with Crippen LogP contribution in [0.1, 0.15) is 24.8 Å². The van der Waals surface area contributed by atoms with Crippen LogP contribution in [-0.2, 0) is 14.4 Å². The third-order valence-corrected chi connectivity index (χ3v) is 3.48. The van der Waals surface area contributed by atoms with Gasteiger partial charge in [-0.1, -0.05) is 0 Å². The highest BCUT2D eigenvalue weighted by Gasteiger charge is 2.22. The molecule has 1 aliphatic rings. The lowest BCUT2D eigenvalue weighted by Gasteiger charge is -2.25. The van der Waals surface area contributed by atoms with Crippen molar-refractivity contribution in [2.24, 2.45) is 10.8 Å². The van der Waals surface area contributed by atoms with Crippen LogP contribution in [0.5, 0.6) is 5.75 Å². The summed E-state index contributed by atoms with van der Waals surface area (Å²) in [6, 6.07) is 6.67. The normalized spacial score (nSPS) is 14.4. The van der Waals surface area contributed by atoms with Crippen LogP contribution in [0.2, 0.25) is 0 Å². The Morgan fingerprint density at radius 3 is 2.46 bits per heavy atom. The zero-order valence-electron chi connectivity index (χ0n) is 13.2. The zero-order chi connectivity index (χ0) is 17.4. The van der Waals surface area contributed by atoms with Crippen molar-refractivity contribution in [3.05, 3.63) is 29.8 Å². The van der Waals surface area contributed by atoms with E-state index in [2.05, 4.69) is 10.5 Å². The standard InChI is InChI=1S/C16H20N4O4/c17-14(21)11-24-13-6-4-12(5-7-13)10-18-19-15(22)16(23)20-8-2-1-3-9-20/h4-7,10H,1-3,8-9,11H2,(H2,17,21)(H,19,22)/b18-10+. The molecule has 0 saturated carbocycles. The number of hydrogen-bond donors (Lipinski definition) is 2. The molecule has 8 heteroatoms. The van der Waals surface area contributed by atoms with Gasteiger partial charge in [-0.25, -0.2) is 5.43 Å². The maximum Gasteiger partial charge on any atom is 0.329 e. The van der Waals surface area contributed by atoms with Gasteiger partial charge in [0.2, 0.25) is 0 Å². The zero-order valence-corrected chi connectivity index (χ0v) is 13.2. The molecule has 0 aromatic heterocycles. The van der Waals surface area contributed by atoms with Crippen molar-refractivity contribution in [3.8, 4) is 5.75 Å². The minimum absolute atomic E-state index is 0.192. The van der Waals surface area contributed by atoms with E-state index in [1.807, 2.05) is 0 Å². The fourth-order valence-corrected chi connectivity index (χ4v) is 2.26. The van der Waals surface area contributed by atoms with Gasteiger partial charge in [0, 0.05) is 13.1 Å². The number of ether oxygens (including phenoxy) is 1. The van der Waals surface area contributed by atoms with Crippen LogP contribution in [0.3, 0.4) is 0 Å². The van der Waals surface area contributed by atoms with Gasteiger partial charge in [0.1, 0.15) is 5.75 Å². The summed E-state index contributed by atoms with van der Waals surface area (Å²) in [5.74, 6) is -1.35. The molecule has 0 unspecified atom stereocenters. The predicted molar refractivity (Wildman–Crippen MR) is 87.3 cm³/mol. The van der Waals surface area contributed by atoms with Crippen LogP contribution in [0, 0.1) is 0 Å². The van der Waals surface area contributed by atoms with Crippen LogP contribution in [-0.4, -0.2) is 48.5 Å². The monoisotopic (exact) mass is 332 g/mol. The molecular weight excluding hydrogens is 312 g/mol. The van der Waals surface area contributed by atoms with Crippen molar-refractivity contribution in [1.29, 1.82) is 0 Å². The number of likely N-dealkylation sites (tertiary alicyclic amines) is 1. The molecule has 1 saturated heterocycles. The number of carbonyl (C=O) groups excluding carboxylic acids is 3. The Labute approximate surface area is 139 Å². The molecule has 3 amide bonds. The first-order valence-corrected chi connectivity index (χ1v) is 7.70. The number of amides is 3. The second-order valence-corrected chi connectivity index (χ2v) is 5.38. The fraction of sp³-hybridized carbons (Fsp3) is 0.375. The molecule has 24 heavy (non-hydrogen) atoms. The highest BCUT2D eigenvalue weighted by atomic mass is 16.5. The second-order valence-electron chi connectivity index (χ2n) is 5.38. The van der Waals surface area contributed by atoms with Gasteiger partial charge in [-0.2, -0.15) is 5.10 Å². The maximum atomic E-state index is 11.9. The topological polar surface area (TPSA) is 114 Å². The Hall–Kier alpha value is -2.90. The van der Waals surface area contributed by atoms with Gasteiger partial charge in [0.25, 0.3) is 5.91 Å². The van der Waals surface area contributed by atoms with Crippen LogP contribution in [0.25, 0.3) is 0 Å². The maximum absolute atomic E-state index is 11.9. The number of piperidine rings is 1. The summed E-state index contributed by atoms with van der Waals surface area (Å²) < 4.78 is 5.12. The van der Waals surface area contributed by atoms with Crippen LogP contribution >= 0.6 is 0 Å². The summed E-state index contributed by atoms with van der Waals surface area (Å²) in [6.07, 6.45) is 4.35. The molecule has 0 aliphatic carbocycles. The number of primary amides is 1. The van der Waals surface area contributed by atoms with Crippen molar-refractivity contribution < 1.29 is 19.1 Å². The number of benzene rings is 1. The second kappa shape index (κ2) is 8.66. The van der Waals surface area contributed by atoms with Gasteiger partial charge in [0.05, 0.1) is 6.21 Å². The number of nitrogens with one attached hydrogen (secondary N) is 1. The fourth-order valence-electron chi connectivity index (χ4n) is 2.26. The summed E-state index contributed by atoms with van der Waals surface area (Å²) in [7, 11) is 0. The van der Waals surface area contributed by atoms with Crippen molar-refractivity contribution >= 4 is 23.9 Å². The molecule has 1 heterocycles. The number of nitrogens with zero attached hydrogens (tertiary/aromatic N) is 2. The lowest BCUT2D eigenvalue weighted by atomic mass is 10.1. The molecule has 1 fully saturated rings. The summed E-state index contributed by atoms with van der Waals surface area (Å²) >= 11 is 0. The van der Waals surface area contributed by atoms with Crippen LogP contribution in [0.15, 0.2) is 29.4 Å². The van der Waals surface area contributed by atoms with E-state index in [4.69, 9.17) is 10.5 Å². The van der Waals surface area contributed by atoms with E-state index < -0.39 is 17.7 Å². The first-order valence-electron chi connectivity index (χ1n) is 7.70. The summed E-state index contributed by atoms with van der Waals surface area (Å²) in [5, 5.41) is 3.77. The van der Waals surface area contributed by atoms with E-state index >= 15 is 0 Å². The molecular formula is C16H20N4O4.